The summed E-state index contributed by atoms with van der Waals surface area (Å²) < 4.78 is 19.7. The van der Waals surface area contributed by atoms with Gasteiger partial charge >= 0.3 is 0 Å². The number of hydrogen-bond donors (Lipinski definition) is 1. The van der Waals surface area contributed by atoms with Gasteiger partial charge in [-0.05, 0) is 39.5 Å². The summed E-state index contributed by atoms with van der Waals surface area (Å²) in [6.45, 7) is 0.427. The van der Waals surface area contributed by atoms with E-state index in [2.05, 4.69) is 15.9 Å². The molecule has 2 aromatic rings. The number of thiophene rings is 1. The maximum atomic E-state index is 14.0. The zero-order valence-corrected chi connectivity index (χ0v) is 13.1. The monoisotopic (exact) mass is 359 g/mol. The zero-order chi connectivity index (χ0) is 13.8. The Kier molecular flexibility index (Phi) is 4.90. The van der Waals surface area contributed by atoms with Gasteiger partial charge in [0.1, 0.15) is 4.99 Å². The van der Waals surface area contributed by atoms with Crippen LogP contribution in [0.5, 0.6) is 5.75 Å². The Balaban J connectivity index is 2.05. The van der Waals surface area contributed by atoms with Crippen molar-refractivity contribution in [2.75, 3.05) is 6.61 Å². The molecule has 1 aromatic heterocycles. The van der Waals surface area contributed by atoms with Gasteiger partial charge in [-0.15, -0.1) is 11.3 Å². The molecular weight excluding hydrogens is 349 g/mol. The highest BCUT2D eigenvalue weighted by Crippen LogP contribution is 2.28. The maximum absolute atomic E-state index is 14.0. The highest BCUT2D eigenvalue weighted by atomic mass is 79.9. The van der Waals surface area contributed by atoms with Gasteiger partial charge in [0.05, 0.1) is 11.1 Å². The predicted octanol–water partition coefficient (Wildman–Crippen LogP) is 3.91. The van der Waals surface area contributed by atoms with E-state index in [1.54, 1.807) is 23.5 Å². The number of rotatable bonds is 5. The first-order chi connectivity index (χ1) is 9.09. The van der Waals surface area contributed by atoms with E-state index in [1.165, 1.54) is 4.88 Å². The fourth-order valence-corrected chi connectivity index (χ4v) is 3.08. The van der Waals surface area contributed by atoms with Crippen molar-refractivity contribution in [1.82, 2.24) is 0 Å². The van der Waals surface area contributed by atoms with Crippen molar-refractivity contribution in [1.29, 1.82) is 0 Å². The fourth-order valence-electron chi connectivity index (χ4n) is 1.55. The first-order valence-corrected chi connectivity index (χ1v) is 7.60. The van der Waals surface area contributed by atoms with E-state index in [-0.39, 0.29) is 15.2 Å². The molecule has 0 radical (unpaired) electrons. The van der Waals surface area contributed by atoms with Crippen LogP contribution >= 0.6 is 39.5 Å². The summed E-state index contributed by atoms with van der Waals surface area (Å²) in [6.07, 6.45) is 0.756. The maximum Gasteiger partial charge on any atom is 0.179 e. The second kappa shape index (κ2) is 6.45. The summed E-state index contributed by atoms with van der Waals surface area (Å²) in [6, 6.07) is 7.20. The molecule has 0 aliphatic rings. The molecule has 0 spiro atoms. The van der Waals surface area contributed by atoms with Gasteiger partial charge < -0.3 is 10.5 Å². The quantitative estimate of drug-likeness (QED) is 0.822. The second-order valence-electron chi connectivity index (χ2n) is 3.78. The molecule has 2 nitrogen and oxygen atoms in total. The number of hydrogen-bond acceptors (Lipinski definition) is 3. The molecule has 0 aliphatic heterocycles. The van der Waals surface area contributed by atoms with Gasteiger partial charge in [0, 0.05) is 16.9 Å². The summed E-state index contributed by atoms with van der Waals surface area (Å²) in [4.78, 5) is 1.36. The number of halogens is 2. The van der Waals surface area contributed by atoms with E-state index < -0.39 is 5.82 Å². The van der Waals surface area contributed by atoms with Crippen LogP contribution in [0.2, 0.25) is 0 Å². The molecule has 19 heavy (non-hydrogen) atoms. The Bertz CT molecular complexity index is 587. The molecule has 2 N–H and O–H groups in total. The van der Waals surface area contributed by atoms with Gasteiger partial charge in [-0.3, -0.25) is 0 Å². The van der Waals surface area contributed by atoms with E-state index in [9.17, 15) is 4.39 Å². The Hall–Kier alpha value is -0.980. The average Bonchev–Trinajstić information content (AvgIpc) is 2.87. The van der Waals surface area contributed by atoms with Crippen molar-refractivity contribution in [2.24, 2.45) is 5.73 Å². The second-order valence-corrected chi connectivity index (χ2v) is 6.05. The predicted molar refractivity (Wildman–Crippen MR) is 83.5 cm³/mol. The van der Waals surface area contributed by atoms with Crippen molar-refractivity contribution >= 4 is 44.5 Å². The van der Waals surface area contributed by atoms with E-state index in [4.69, 9.17) is 22.7 Å². The third-order valence-corrected chi connectivity index (χ3v) is 4.43. The zero-order valence-electron chi connectivity index (χ0n) is 9.86. The Labute approximate surface area is 128 Å². The number of ether oxygens (including phenoxy) is 1. The molecule has 0 aliphatic carbocycles. The number of nitrogens with two attached hydrogens (primary N) is 1. The fraction of sp³-hybridized carbons (Fsp3) is 0.154. The van der Waals surface area contributed by atoms with E-state index >= 15 is 0 Å². The molecule has 0 saturated heterocycles. The molecule has 1 aromatic carbocycles. The van der Waals surface area contributed by atoms with Crippen LogP contribution in [0.4, 0.5) is 4.39 Å². The molecular formula is C13H11BrFNOS2. The Morgan fingerprint density at radius 1 is 1.42 bits per heavy atom. The Morgan fingerprint density at radius 3 is 2.84 bits per heavy atom. The van der Waals surface area contributed by atoms with Gasteiger partial charge in [0.2, 0.25) is 0 Å². The summed E-state index contributed by atoms with van der Waals surface area (Å²) in [5.74, 6) is -0.278. The standard InChI is InChI=1S/C13H11BrFNOS2/c14-11-9(13(16)18)3-4-10(12(11)15)17-6-5-8-2-1-7-19-8/h1-4,7H,5-6H2,(H2,16,18). The van der Waals surface area contributed by atoms with Crippen LogP contribution < -0.4 is 10.5 Å². The Morgan fingerprint density at radius 2 is 2.21 bits per heavy atom. The largest absolute Gasteiger partial charge is 0.490 e. The van der Waals surface area contributed by atoms with Gasteiger partial charge in [0.25, 0.3) is 0 Å². The topological polar surface area (TPSA) is 35.2 Å². The molecule has 0 saturated carbocycles. The van der Waals surface area contributed by atoms with Gasteiger partial charge in [-0.25, -0.2) is 4.39 Å². The summed E-state index contributed by atoms with van der Waals surface area (Å²) in [5.41, 5.74) is 5.96. The SMILES string of the molecule is NC(=S)c1ccc(OCCc2cccs2)c(F)c1Br. The minimum absolute atomic E-state index is 0.149. The van der Waals surface area contributed by atoms with Gasteiger partial charge in [0.15, 0.2) is 11.6 Å². The van der Waals surface area contributed by atoms with E-state index in [1.807, 2.05) is 17.5 Å². The van der Waals surface area contributed by atoms with Crippen LogP contribution in [-0.4, -0.2) is 11.6 Å². The average molecular weight is 360 g/mol. The molecule has 100 valence electrons. The first-order valence-electron chi connectivity index (χ1n) is 5.52. The van der Waals surface area contributed by atoms with Crippen molar-refractivity contribution < 1.29 is 9.13 Å². The third kappa shape index (κ3) is 3.52. The van der Waals surface area contributed by atoms with Crippen LogP contribution in [0.3, 0.4) is 0 Å². The van der Waals surface area contributed by atoms with Crippen molar-refractivity contribution in [3.8, 4) is 5.75 Å². The highest BCUT2D eigenvalue weighted by Gasteiger charge is 2.13. The van der Waals surface area contributed by atoms with Crippen LogP contribution in [0, 0.1) is 5.82 Å². The third-order valence-electron chi connectivity index (χ3n) is 2.50. The molecule has 0 bridgehead atoms. The lowest BCUT2D eigenvalue weighted by Gasteiger charge is -2.10. The molecule has 2 rings (SSSR count). The van der Waals surface area contributed by atoms with Crippen LogP contribution in [0.1, 0.15) is 10.4 Å². The lowest BCUT2D eigenvalue weighted by molar-refractivity contribution is 0.305. The molecule has 0 fully saturated rings. The minimum atomic E-state index is -0.475. The van der Waals surface area contributed by atoms with E-state index in [0.717, 1.165) is 6.42 Å². The molecule has 0 amide bonds. The highest BCUT2D eigenvalue weighted by molar-refractivity contribution is 9.10. The van der Waals surface area contributed by atoms with Crippen LogP contribution in [0.25, 0.3) is 0 Å². The molecule has 0 unspecified atom stereocenters. The molecule has 1 heterocycles. The van der Waals surface area contributed by atoms with Crippen LogP contribution in [-0.2, 0) is 6.42 Å². The normalized spacial score (nSPS) is 10.4. The first kappa shape index (κ1) is 14.4. The summed E-state index contributed by atoms with van der Waals surface area (Å²) in [5, 5.41) is 2.00. The lowest BCUT2D eigenvalue weighted by atomic mass is 10.2. The summed E-state index contributed by atoms with van der Waals surface area (Å²) >= 11 is 9.63. The lowest BCUT2D eigenvalue weighted by Crippen LogP contribution is -2.11. The molecule has 6 heteroatoms. The van der Waals surface area contributed by atoms with Gasteiger partial charge in [-0.2, -0.15) is 0 Å². The summed E-state index contributed by atoms with van der Waals surface area (Å²) in [7, 11) is 0. The minimum Gasteiger partial charge on any atom is -0.490 e. The van der Waals surface area contributed by atoms with Crippen molar-refractivity contribution in [3.63, 3.8) is 0 Å². The van der Waals surface area contributed by atoms with Gasteiger partial charge in [-0.1, -0.05) is 18.3 Å². The number of benzene rings is 1. The number of thiocarbonyl (C=S) groups is 1. The van der Waals surface area contributed by atoms with Crippen molar-refractivity contribution in [2.45, 2.75) is 6.42 Å². The smallest absolute Gasteiger partial charge is 0.179 e. The molecule has 0 atom stereocenters. The van der Waals surface area contributed by atoms with E-state index in [0.29, 0.717) is 12.2 Å². The van der Waals surface area contributed by atoms with Crippen molar-refractivity contribution in [3.05, 3.63) is 50.4 Å². The van der Waals surface area contributed by atoms with Crippen LogP contribution in [0.15, 0.2) is 34.1 Å².